The van der Waals surface area contributed by atoms with Gasteiger partial charge in [-0.2, -0.15) is 0 Å². The van der Waals surface area contributed by atoms with Crippen LogP contribution in [0.25, 0.3) is 0 Å². The highest BCUT2D eigenvalue weighted by Crippen LogP contribution is 2.18. The highest BCUT2D eigenvalue weighted by atomic mass is 32.1. The van der Waals surface area contributed by atoms with Crippen LogP contribution in [0.3, 0.4) is 0 Å². The lowest BCUT2D eigenvalue weighted by Gasteiger charge is -2.24. The van der Waals surface area contributed by atoms with Crippen molar-refractivity contribution in [2.45, 2.75) is 52.0 Å². The Kier molecular flexibility index (Phi) is 4.43. The topological polar surface area (TPSA) is 12.0 Å². The van der Waals surface area contributed by atoms with Crippen LogP contribution in [0.5, 0.6) is 0 Å². The molecule has 0 atom stereocenters. The summed E-state index contributed by atoms with van der Waals surface area (Å²) in [5.41, 5.74) is 1.22. The molecule has 1 aliphatic carbocycles. The molecule has 0 saturated heterocycles. The fourth-order valence-electron chi connectivity index (χ4n) is 1.92. The lowest BCUT2D eigenvalue weighted by atomic mass is 9.95. The van der Waals surface area contributed by atoms with Crippen molar-refractivity contribution >= 4 is 17.1 Å². The van der Waals surface area contributed by atoms with E-state index in [2.05, 4.69) is 12.2 Å². The van der Waals surface area contributed by atoms with Gasteiger partial charge in [0, 0.05) is 16.6 Å². The van der Waals surface area contributed by atoms with Gasteiger partial charge in [0.15, 0.2) is 0 Å². The van der Waals surface area contributed by atoms with Gasteiger partial charge in [-0.1, -0.05) is 31.5 Å². The minimum absolute atomic E-state index is 0.694. The Labute approximate surface area is 86.6 Å². The summed E-state index contributed by atoms with van der Waals surface area (Å²) in [4.78, 5) is 0.959. The summed E-state index contributed by atoms with van der Waals surface area (Å²) in [5, 5.41) is 3.52. The van der Waals surface area contributed by atoms with Crippen molar-refractivity contribution in [3.8, 4) is 0 Å². The first kappa shape index (κ1) is 10.7. The summed E-state index contributed by atoms with van der Waals surface area (Å²) in [7, 11) is 0. The minimum Gasteiger partial charge on any atom is -0.386 e. The summed E-state index contributed by atoms with van der Waals surface area (Å²) < 4.78 is 0. The minimum atomic E-state index is 0.694. The molecule has 0 amide bonds. The second-order valence-electron chi connectivity index (χ2n) is 3.92. The predicted octanol–water partition coefficient (Wildman–Crippen LogP) is 3.20. The van der Waals surface area contributed by atoms with Crippen molar-refractivity contribution in [2.24, 2.45) is 0 Å². The van der Waals surface area contributed by atoms with E-state index in [1.54, 1.807) is 0 Å². The van der Waals surface area contributed by atoms with Crippen molar-refractivity contribution in [2.75, 3.05) is 0 Å². The highest BCUT2D eigenvalue weighted by molar-refractivity contribution is 7.80. The lowest BCUT2D eigenvalue weighted by Crippen LogP contribution is -2.29. The largest absolute Gasteiger partial charge is 0.386 e. The first-order valence-corrected chi connectivity index (χ1v) is 5.54. The first-order chi connectivity index (χ1) is 6.18. The molecule has 1 fully saturated rings. The van der Waals surface area contributed by atoms with Gasteiger partial charge in [-0.05, 0) is 32.8 Å². The van der Waals surface area contributed by atoms with Crippen LogP contribution in [0, 0.1) is 0 Å². The van der Waals surface area contributed by atoms with Gasteiger partial charge < -0.3 is 5.32 Å². The number of nitrogens with one attached hydrogen (secondary N) is 1. The van der Waals surface area contributed by atoms with Crippen LogP contribution in [0.4, 0.5) is 0 Å². The maximum atomic E-state index is 5.02. The number of rotatable bonds is 3. The summed E-state index contributed by atoms with van der Waals surface area (Å²) >= 11 is 5.02. The highest BCUT2D eigenvalue weighted by Gasteiger charge is 2.12. The molecule has 0 aromatic heterocycles. The molecule has 0 bridgehead atoms. The number of thiocarbonyl (C=S) groups is 1. The number of hydrogen-bond acceptors (Lipinski definition) is 2. The van der Waals surface area contributed by atoms with Gasteiger partial charge in [0.25, 0.3) is 0 Å². The van der Waals surface area contributed by atoms with Crippen molar-refractivity contribution in [3.05, 3.63) is 11.8 Å². The molecule has 1 saturated carbocycles. The van der Waals surface area contributed by atoms with E-state index in [1.807, 2.05) is 13.0 Å². The van der Waals surface area contributed by atoms with Gasteiger partial charge in [0.1, 0.15) is 0 Å². The molecule has 1 rings (SSSR count). The van der Waals surface area contributed by atoms with E-state index >= 15 is 0 Å². The first-order valence-electron chi connectivity index (χ1n) is 5.14. The SMILES string of the molecule is CC(=S)/C=C(/C)NC1CCCCC1. The molecule has 0 aliphatic heterocycles. The predicted molar refractivity (Wildman–Crippen MR) is 62.0 cm³/mol. The van der Waals surface area contributed by atoms with Crippen LogP contribution >= 0.6 is 12.2 Å². The maximum absolute atomic E-state index is 5.02. The van der Waals surface area contributed by atoms with E-state index in [0.29, 0.717) is 6.04 Å². The molecule has 0 spiro atoms. The van der Waals surface area contributed by atoms with Gasteiger partial charge in [0.2, 0.25) is 0 Å². The van der Waals surface area contributed by atoms with Crippen molar-refractivity contribution in [1.29, 1.82) is 0 Å². The molecule has 2 heteroatoms. The molecule has 13 heavy (non-hydrogen) atoms. The van der Waals surface area contributed by atoms with E-state index in [1.165, 1.54) is 37.8 Å². The lowest BCUT2D eigenvalue weighted by molar-refractivity contribution is 0.397. The Morgan fingerprint density at radius 3 is 2.38 bits per heavy atom. The quantitative estimate of drug-likeness (QED) is 0.551. The third-order valence-electron chi connectivity index (χ3n) is 2.46. The van der Waals surface area contributed by atoms with Crippen LogP contribution in [0.2, 0.25) is 0 Å². The molecule has 74 valence electrons. The second-order valence-corrected chi connectivity index (χ2v) is 4.56. The van der Waals surface area contributed by atoms with Crippen LogP contribution in [-0.2, 0) is 0 Å². The second kappa shape index (κ2) is 5.38. The van der Waals surface area contributed by atoms with E-state index in [-0.39, 0.29) is 0 Å². The summed E-state index contributed by atoms with van der Waals surface area (Å²) in [6.07, 6.45) is 8.85. The maximum Gasteiger partial charge on any atom is 0.0258 e. The van der Waals surface area contributed by atoms with Gasteiger partial charge in [0.05, 0.1) is 0 Å². The standard InChI is InChI=1S/C11H19NS/c1-9(8-10(2)13)12-11-6-4-3-5-7-11/h8,11-12H,3-7H2,1-2H3/b9-8-. The molecule has 1 N–H and O–H groups in total. The molecule has 0 aromatic carbocycles. The fourth-order valence-corrected chi connectivity index (χ4v) is 2.09. The number of allylic oxidation sites excluding steroid dienone is 2. The van der Waals surface area contributed by atoms with Crippen LogP contribution in [-0.4, -0.2) is 10.9 Å². The van der Waals surface area contributed by atoms with Crippen LogP contribution < -0.4 is 5.32 Å². The fraction of sp³-hybridized carbons (Fsp3) is 0.727. The molecule has 0 unspecified atom stereocenters. The zero-order valence-electron chi connectivity index (χ0n) is 8.60. The third kappa shape index (κ3) is 4.41. The zero-order valence-corrected chi connectivity index (χ0v) is 9.41. The average molecular weight is 197 g/mol. The van der Waals surface area contributed by atoms with Crippen molar-refractivity contribution in [3.63, 3.8) is 0 Å². The summed E-state index contributed by atoms with van der Waals surface area (Å²) in [5.74, 6) is 0. The van der Waals surface area contributed by atoms with E-state index in [4.69, 9.17) is 12.2 Å². The van der Waals surface area contributed by atoms with E-state index < -0.39 is 0 Å². The van der Waals surface area contributed by atoms with Gasteiger partial charge in [-0.25, -0.2) is 0 Å². The molecule has 0 radical (unpaired) electrons. The average Bonchev–Trinajstić information content (AvgIpc) is 2.04. The summed E-state index contributed by atoms with van der Waals surface area (Å²) in [6.45, 7) is 4.06. The molecular weight excluding hydrogens is 178 g/mol. The van der Waals surface area contributed by atoms with Crippen molar-refractivity contribution in [1.82, 2.24) is 5.32 Å². The van der Waals surface area contributed by atoms with E-state index in [0.717, 1.165) is 4.86 Å². The Balaban J connectivity index is 2.33. The van der Waals surface area contributed by atoms with Crippen molar-refractivity contribution < 1.29 is 0 Å². The smallest absolute Gasteiger partial charge is 0.0258 e. The normalized spacial score (nSPS) is 20.0. The Morgan fingerprint density at radius 1 is 1.23 bits per heavy atom. The van der Waals surface area contributed by atoms with Crippen LogP contribution in [0.15, 0.2) is 11.8 Å². The number of hydrogen-bond donors (Lipinski definition) is 1. The molecular formula is C11H19NS. The third-order valence-corrected chi connectivity index (χ3v) is 2.57. The molecule has 1 nitrogen and oxygen atoms in total. The summed E-state index contributed by atoms with van der Waals surface area (Å²) in [6, 6.07) is 0.694. The molecule has 1 aliphatic rings. The molecule has 0 aromatic rings. The monoisotopic (exact) mass is 197 g/mol. The van der Waals surface area contributed by atoms with Gasteiger partial charge >= 0.3 is 0 Å². The van der Waals surface area contributed by atoms with Gasteiger partial charge in [-0.3, -0.25) is 0 Å². The van der Waals surface area contributed by atoms with E-state index in [9.17, 15) is 0 Å². The zero-order chi connectivity index (χ0) is 9.68. The van der Waals surface area contributed by atoms with Gasteiger partial charge in [-0.15, -0.1) is 0 Å². The molecule has 0 heterocycles. The Hall–Kier alpha value is -0.370. The Morgan fingerprint density at radius 2 is 1.85 bits per heavy atom. The Bertz CT molecular complexity index is 202. The van der Waals surface area contributed by atoms with Crippen LogP contribution in [0.1, 0.15) is 46.0 Å².